The number of anilines is 2. The molecule has 0 aliphatic rings. The van der Waals surface area contributed by atoms with Crippen molar-refractivity contribution in [1.82, 2.24) is 0 Å². The van der Waals surface area contributed by atoms with Gasteiger partial charge in [0.2, 0.25) is 5.91 Å². The molecule has 3 aromatic rings. The highest BCUT2D eigenvalue weighted by Gasteiger charge is 2.32. The van der Waals surface area contributed by atoms with Crippen LogP contribution in [-0.4, -0.2) is 20.9 Å². The summed E-state index contributed by atoms with van der Waals surface area (Å²) >= 11 is 5.96. The van der Waals surface area contributed by atoms with Crippen LogP contribution in [0.25, 0.3) is 0 Å². The minimum Gasteiger partial charge on any atom is -0.323 e. The molecular formula is C23H20ClF3N2O3S. The van der Waals surface area contributed by atoms with Crippen molar-refractivity contribution in [2.75, 3.05) is 16.2 Å². The van der Waals surface area contributed by atoms with E-state index in [0.717, 1.165) is 22.0 Å². The van der Waals surface area contributed by atoms with Gasteiger partial charge in [-0.25, -0.2) is 8.42 Å². The van der Waals surface area contributed by atoms with Crippen molar-refractivity contribution in [3.63, 3.8) is 0 Å². The lowest BCUT2D eigenvalue weighted by Gasteiger charge is -2.26. The van der Waals surface area contributed by atoms with Gasteiger partial charge in [-0.05, 0) is 61.4 Å². The molecule has 0 bridgehead atoms. The van der Waals surface area contributed by atoms with Crippen molar-refractivity contribution in [3.8, 4) is 0 Å². The Labute approximate surface area is 194 Å². The number of rotatable bonds is 6. The molecule has 0 atom stereocenters. The molecule has 0 saturated heterocycles. The quantitative estimate of drug-likeness (QED) is 0.468. The first-order chi connectivity index (χ1) is 15.4. The van der Waals surface area contributed by atoms with Gasteiger partial charge in [0, 0.05) is 0 Å². The van der Waals surface area contributed by atoms with Crippen LogP contribution in [0.15, 0.2) is 71.6 Å². The number of carbonyl (C=O) groups is 1. The van der Waals surface area contributed by atoms with Gasteiger partial charge in [-0.15, -0.1) is 0 Å². The van der Waals surface area contributed by atoms with Gasteiger partial charge in [0.1, 0.15) is 6.54 Å². The summed E-state index contributed by atoms with van der Waals surface area (Å²) in [5.41, 5.74) is 0.388. The number of alkyl halides is 3. The first-order valence-electron chi connectivity index (χ1n) is 9.71. The molecule has 0 aliphatic carbocycles. The van der Waals surface area contributed by atoms with Gasteiger partial charge in [-0.1, -0.05) is 41.9 Å². The fraction of sp³-hybridized carbons (Fsp3) is 0.174. The Balaban J connectivity index is 2.00. The van der Waals surface area contributed by atoms with Gasteiger partial charge < -0.3 is 5.32 Å². The highest BCUT2D eigenvalue weighted by atomic mass is 35.5. The van der Waals surface area contributed by atoms with Crippen molar-refractivity contribution in [1.29, 1.82) is 0 Å². The third-order valence-corrected chi connectivity index (χ3v) is 6.92. The Bertz CT molecular complexity index is 1280. The standard InChI is InChI=1S/C23H20ClF3N2O3S/c1-15-8-9-16(2)21(12-15)29(33(31,32)18-6-4-3-5-7-18)14-22(30)28-20-13-17(23(25,26)27)10-11-19(20)24/h3-13H,14H2,1-2H3,(H,28,30). The number of amides is 1. The predicted molar refractivity (Wildman–Crippen MR) is 122 cm³/mol. The van der Waals surface area contributed by atoms with Crippen LogP contribution in [-0.2, 0) is 21.0 Å². The van der Waals surface area contributed by atoms with E-state index in [1.165, 1.54) is 12.1 Å². The maximum Gasteiger partial charge on any atom is 0.416 e. The van der Waals surface area contributed by atoms with Crippen LogP contribution in [0.4, 0.5) is 24.5 Å². The zero-order chi connectivity index (χ0) is 24.4. The molecule has 0 unspecified atom stereocenters. The van der Waals surface area contributed by atoms with Gasteiger partial charge in [-0.3, -0.25) is 9.10 Å². The van der Waals surface area contributed by atoms with E-state index in [-0.39, 0.29) is 21.3 Å². The smallest absolute Gasteiger partial charge is 0.323 e. The summed E-state index contributed by atoms with van der Waals surface area (Å²) in [5.74, 6) is -0.850. The van der Waals surface area contributed by atoms with Gasteiger partial charge in [0.15, 0.2) is 0 Å². The van der Waals surface area contributed by atoms with Gasteiger partial charge in [-0.2, -0.15) is 13.2 Å². The topological polar surface area (TPSA) is 66.5 Å². The van der Waals surface area contributed by atoms with Crippen molar-refractivity contribution in [2.24, 2.45) is 0 Å². The zero-order valence-electron chi connectivity index (χ0n) is 17.7. The number of aryl methyl sites for hydroxylation is 2. The molecule has 3 aromatic carbocycles. The Morgan fingerprint density at radius 2 is 1.67 bits per heavy atom. The third-order valence-electron chi connectivity index (χ3n) is 4.82. The van der Waals surface area contributed by atoms with Gasteiger partial charge >= 0.3 is 6.18 Å². The number of nitrogens with one attached hydrogen (secondary N) is 1. The molecule has 0 saturated carbocycles. The van der Waals surface area contributed by atoms with Crippen LogP contribution in [0.1, 0.15) is 16.7 Å². The van der Waals surface area contributed by atoms with Gasteiger partial charge in [0.25, 0.3) is 10.0 Å². The molecule has 1 N–H and O–H groups in total. The van der Waals surface area contributed by atoms with E-state index in [1.54, 1.807) is 50.2 Å². The molecule has 174 valence electrons. The van der Waals surface area contributed by atoms with Crippen molar-refractivity contribution in [3.05, 3.63) is 88.4 Å². The van der Waals surface area contributed by atoms with Crippen LogP contribution < -0.4 is 9.62 Å². The second kappa shape index (κ2) is 9.44. The molecular weight excluding hydrogens is 477 g/mol. The fourth-order valence-electron chi connectivity index (χ4n) is 3.13. The summed E-state index contributed by atoms with van der Waals surface area (Å²) in [6.45, 7) is 2.80. The first-order valence-corrected chi connectivity index (χ1v) is 11.5. The molecule has 5 nitrogen and oxygen atoms in total. The molecule has 0 fully saturated rings. The minimum atomic E-state index is -4.63. The number of carbonyl (C=O) groups excluding carboxylic acids is 1. The Morgan fingerprint density at radius 3 is 2.30 bits per heavy atom. The van der Waals surface area contributed by atoms with Crippen LogP contribution in [0.3, 0.4) is 0 Å². The van der Waals surface area contributed by atoms with Crippen molar-refractivity contribution >= 4 is 38.9 Å². The Kier molecular flexibility index (Phi) is 7.04. The van der Waals surface area contributed by atoms with Crippen molar-refractivity contribution < 1.29 is 26.4 Å². The molecule has 0 radical (unpaired) electrons. The normalized spacial score (nSPS) is 11.8. The maximum absolute atomic E-state index is 13.4. The second-order valence-electron chi connectivity index (χ2n) is 7.36. The summed E-state index contributed by atoms with van der Waals surface area (Å²) in [5, 5.41) is 2.19. The number of sulfonamides is 1. The molecule has 0 spiro atoms. The first kappa shape index (κ1) is 24.6. The average Bonchev–Trinajstić information content (AvgIpc) is 2.75. The van der Waals surface area contributed by atoms with E-state index >= 15 is 0 Å². The highest BCUT2D eigenvalue weighted by Crippen LogP contribution is 2.34. The molecule has 0 aromatic heterocycles. The van der Waals surface area contributed by atoms with E-state index in [0.29, 0.717) is 11.6 Å². The highest BCUT2D eigenvalue weighted by molar-refractivity contribution is 7.92. The van der Waals surface area contributed by atoms with E-state index in [9.17, 15) is 26.4 Å². The zero-order valence-corrected chi connectivity index (χ0v) is 19.2. The average molecular weight is 497 g/mol. The monoisotopic (exact) mass is 496 g/mol. The lowest BCUT2D eigenvalue weighted by molar-refractivity contribution is -0.137. The largest absolute Gasteiger partial charge is 0.416 e. The third kappa shape index (κ3) is 5.66. The van der Waals surface area contributed by atoms with Crippen molar-refractivity contribution in [2.45, 2.75) is 24.9 Å². The molecule has 33 heavy (non-hydrogen) atoms. The molecule has 10 heteroatoms. The van der Waals surface area contributed by atoms with Crippen LogP contribution in [0.5, 0.6) is 0 Å². The van der Waals surface area contributed by atoms with E-state index < -0.39 is 34.2 Å². The van der Waals surface area contributed by atoms with Crippen LogP contribution in [0, 0.1) is 13.8 Å². The Hall–Kier alpha value is -3.04. The molecule has 0 aliphatic heterocycles. The molecule has 0 heterocycles. The summed E-state index contributed by atoms with van der Waals surface area (Å²) in [4.78, 5) is 12.8. The number of nitrogens with zero attached hydrogens (tertiary/aromatic N) is 1. The summed E-state index contributed by atoms with van der Waals surface area (Å²) < 4.78 is 66.9. The SMILES string of the molecule is Cc1ccc(C)c(N(CC(=O)Nc2cc(C(F)(F)F)ccc2Cl)S(=O)(=O)c2ccccc2)c1. The summed E-state index contributed by atoms with van der Waals surface area (Å²) in [6, 6.07) is 15.2. The van der Waals surface area contributed by atoms with E-state index in [4.69, 9.17) is 11.6 Å². The van der Waals surface area contributed by atoms with Crippen LogP contribution in [0.2, 0.25) is 5.02 Å². The number of benzene rings is 3. The fourth-order valence-corrected chi connectivity index (χ4v) is 4.79. The summed E-state index contributed by atoms with van der Waals surface area (Å²) in [7, 11) is -4.16. The van der Waals surface area contributed by atoms with Gasteiger partial charge in [0.05, 0.1) is 26.9 Å². The lowest BCUT2D eigenvalue weighted by Crippen LogP contribution is -2.38. The lowest BCUT2D eigenvalue weighted by atomic mass is 10.1. The maximum atomic E-state index is 13.4. The molecule has 1 amide bonds. The predicted octanol–water partition coefficient (Wildman–Crippen LogP) is 5.81. The second-order valence-corrected chi connectivity index (χ2v) is 9.62. The number of halogens is 4. The number of hydrogen-bond acceptors (Lipinski definition) is 3. The van der Waals surface area contributed by atoms with E-state index in [1.807, 2.05) is 0 Å². The minimum absolute atomic E-state index is 0.0317. The molecule has 3 rings (SSSR count). The van der Waals surface area contributed by atoms with Crippen LogP contribution >= 0.6 is 11.6 Å². The van der Waals surface area contributed by atoms with E-state index in [2.05, 4.69) is 5.32 Å². The summed E-state index contributed by atoms with van der Waals surface area (Å²) in [6.07, 6.45) is -4.63. The Morgan fingerprint density at radius 1 is 1.00 bits per heavy atom. The number of hydrogen-bond donors (Lipinski definition) is 1.